The van der Waals surface area contributed by atoms with E-state index in [0.29, 0.717) is 12.5 Å². The molecule has 0 amide bonds. The van der Waals surface area contributed by atoms with Crippen molar-refractivity contribution in [1.29, 1.82) is 0 Å². The van der Waals surface area contributed by atoms with E-state index in [4.69, 9.17) is 5.11 Å². The molecule has 19 heavy (non-hydrogen) atoms. The van der Waals surface area contributed by atoms with Crippen molar-refractivity contribution in [2.45, 2.75) is 25.8 Å². The molecule has 0 aliphatic rings. The van der Waals surface area contributed by atoms with Crippen molar-refractivity contribution in [3.05, 3.63) is 30.1 Å². The third kappa shape index (κ3) is 3.10. The molecule has 0 saturated carbocycles. The Hall–Kier alpha value is -1.49. The largest absolute Gasteiger partial charge is 0.481 e. The molecule has 0 aliphatic heterocycles. The van der Waals surface area contributed by atoms with Gasteiger partial charge in [0, 0.05) is 18.2 Å². The van der Waals surface area contributed by atoms with Crippen molar-refractivity contribution in [2.75, 3.05) is 12.0 Å². The maximum Gasteiger partial charge on any atom is 0.305 e. The maximum absolute atomic E-state index is 10.8. The van der Waals surface area contributed by atoms with E-state index >= 15 is 0 Å². The van der Waals surface area contributed by atoms with Crippen molar-refractivity contribution in [3.63, 3.8) is 0 Å². The van der Waals surface area contributed by atoms with Crippen LogP contribution in [0.5, 0.6) is 0 Å². The number of hydrogen-bond acceptors (Lipinski definition) is 3. The molecule has 1 atom stereocenters. The summed E-state index contributed by atoms with van der Waals surface area (Å²) in [6, 6.07) is 7.89. The van der Waals surface area contributed by atoms with E-state index in [1.807, 2.05) is 28.8 Å². The van der Waals surface area contributed by atoms with Crippen LogP contribution in [0.4, 0.5) is 0 Å². The van der Waals surface area contributed by atoms with Crippen LogP contribution in [-0.2, 0) is 11.3 Å². The number of fused-ring (bicyclic) bond motifs is 1. The average Bonchev–Trinajstić information content (AvgIpc) is 2.75. The van der Waals surface area contributed by atoms with Gasteiger partial charge in [-0.3, -0.25) is 4.79 Å². The van der Waals surface area contributed by atoms with Crippen LogP contribution in [0.15, 0.2) is 24.3 Å². The first-order valence-corrected chi connectivity index (χ1v) is 7.68. The Bertz CT molecular complexity index is 580. The Morgan fingerprint density at radius 1 is 1.47 bits per heavy atom. The fourth-order valence-corrected chi connectivity index (χ4v) is 2.89. The SMILES string of the molecule is CSCC(C)c1nc2ccccc2n1CCC(=O)O. The summed E-state index contributed by atoms with van der Waals surface area (Å²) in [5.74, 6) is 1.50. The zero-order chi connectivity index (χ0) is 13.8. The van der Waals surface area contributed by atoms with Gasteiger partial charge in [0.25, 0.3) is 0 Å². The van der Waals surface area contributed by atoms with Crippen LogP contribution < -0.4 is 0 Å². The van der Waals surface area contributed by atoms with Gasteiger partial charge in [0.15, 0.2) is 0 Å². The molecule has 1 aromatic carbocycles. The zero-order valence-corrected chi connectivity index (χ0v) is 12.0. The minimum atomic E-state index is -0.777. The van der Waals surface area contributed by atoms with E-state index in [0.717, 1.165) is 22.6 Å². The Kier molecular flexibility index (Phi) is 4.47. The number of nitrogens with zero attached hydrogens (tertiary/aromatic N) is 2. The van der Waals surface area contributed by atoms with Gasteiger partial charge >= 0.3 is 5.97 Å². The third-order valence-corrected chi connectivity index (χ3v) is 3.92. The highest BCUT2D eigenvalue weighted by Crippen LogP contribution is 2.24. The fraction of sp³-hybridized carbons (Fsp3) is 0.429. The van der Waals surface area contributed by atoms with Crippen molar-refractivity contribution in [2.24, 2.45) is 0 Å². The highest BCUT2D eigenvalue weighted by atomic mass is 32.2. The number of aryl methyl sites for hydroxylation is 1. The predicted octanol–water partition coefficient (Wildman–Crippen LogP) is 2.98. The topological polar surface area (TPSA) is 55.1 Å². The molecule has 4 nitrogen and oxygen atoms in total. The standard InChI is InChI=1S/C14H18N2O2S/c1-10(9-19-2)14-15-11-5-3-4-6-12(11)16(14)8-7-13(17)18/h3-6,10H,7-9H2,1-2H3,(H,17,18). The second-order valence-corrected chi connectivity index (χ2v) is 5.52. The van der Waals surface area contributed by atoms with Crippen LogP contribution in [0.2, 0.25) is 0 Å². The quantitative estimate of drug-likeness (QED) is 0.882. The van der Waals surface area contributed by atoms with Gasteiger partial charge in [0.1, 0.15) is 5.82 Å². The second kappa shape index (κ2) is 6.10. The maximum atomic E-state index is 10.8. The normalized spacial score (nSPS) is 12.7. The van der Waals surface area contributed by atoms with Gasteiger partial charge in [-0.2, -0.15) is 11.8 Å². The fourth-order valence-electron chi connectivity index (χ4n) is 2.24. The summed E-state index contributed by atoms with van der Waals surface area (Å²) in [7, 11) is 0. The third-order valence-electron chi connectivity index (χ3n) is 3.09. The Morgan fingerprint density at radius 3 is 2.89 bits per heavy atom. The van der Waals surface area contributed by atoms with Crippen LogP contribution in [0.1, 0.15) is 25.1 Å². The van der Waals surface area contributed by atoms with Crippen LogP contribution >= 0.6 is 11.8 Å². The van der Waals surface area contributed by atoms with Gasteiger partial charge in [0.2, 0.25) is 0 Å². The lowest BCUT2D eigenvalue weighted by molar-refractivity contribution is -0.137. The lowest BCUT2D eigenvalue weighted by Gasteiger charge is -2.13. The number of carbonyl (C=O) groups is 1. The van der Waals surface area contributed by atoms with Crippen molar-refractivity contribution < 1.29 is 9.90 Å². The highest BCUT2D eigenvalue weighted by molar-refractivity contribution is 7.98. The minimum absolute atomic E-state index is 0.124. The van der Waals surface area contributed by atoms with Crippen molar-refractivity contribution in [3.8, 4) is 0 Å². The molecule has 1 N–H and O–H groups in total. The Morgan fingerprint density at radius 2 is 2.21 bits per heavy atom. The molecular weight excluding hydrogens is 260 g/mol. The number of aliphatic carboxylic acids is 1. The summed E-state index contributed by atoms with van der Waals surface area (Å²) in [5.41, 5.74) is 1.96. The first kappa shape index (κ1) is 13.9. The highest BCUT2D eigenvalue weighted by Gasteiger charge is 2.16. The number of imidazole rings is 1. The number of benzene rings is 1. The summed E-state index contributed by atoms with van der Waals surface area (Å²) < 4.78 is 2.05. The molecule has 0 fully saturated rings. The number of hydrogen-bond donors (Lipinski definition) is 1. The van der Waals surface area contributed by atoms with E-state index in [1.54, 1.807) is 11.8 Å². The average molecular weight is 278 g/mol. The molecule has 1 heterocycles. The number of rotatable bonds is 6. The molecule has 0 radical (unpaired) electrons. The number of carboxylic acids is 1. The van der Waals surface area contributed by atoms with E-state index in [-0.39, 0.29) is 6.42 Å². The Balaban J connectivity index is 2.42. The summed E-state index contributed by atoms with van der Waals surface area (Å²) in [5, 5.41) is 8.88. The molecule has 1 aromatic heterocycles. The molecule has 1 unspecified atom stereocenters. The first-order valence-electron chi connectivity index (χ1n) is 6.29. The van der Waals surface area contributed by atoms with E-state index in [2.05, 4.69) is 18.2 Å². The number of para-hydroxylation sites is 2. The van der Waals surface area contributed by atoms with Crippen LogP contribution in [0.25, 0.3) is 11.0 Å². The number of aromatic nitrogens is 2. The minimum Gasteiger partial charge on any atom is -0.481 e. The molecular formula is C14H18N2O2S. The van der Waals surface area contributed by atoms with E-state index in [9.17, 15) is 4.79 Å². The van der Waals surface area contributed by atoms with Gasteiger partial charge in [-0.1, -0.05) is 19.1 Å². The van der Waals surface area contributed by atoms with Crippen LogP contribution in [-0.4, -0.2) is 32.6 Å². The van der Waals surface area contributed by atoms with Gasteiger partial charge in [-0.05, 0) is 18.4 Å². The molecule has 0 bridgehead atoms. The molecule has 2 rings (SSSR count). The van der Waals surface area contributed by atoms with E-state index in [1.165, 1.54) is 0 Å². The lowest BCUT2D eigenvalue weighted by atomic mass is 10.2. The summed E-state index contributed by atoms with van der Waals surface area (Å²) >= 11 is 1.78. The lowest BCUT2D eigenvalue weighted by Crippen LogP contribution is -2.11. The van der Waals surface area contributed by atoms with Crippen molar-refractivity contribution >= 4 is 28.8 Å². The van der Waals surface area contributed by atoms with Gasteiger partial charge in [-0.15, -0.1) is 0 Å². The zero-order valence-electron chi connectivity index (χ0n) is 11.2. The smallest absolute Gasteiger partial charge is 0.305 e. The van der Waals surface area contributed by atoms with E-state index < -0.39 is 5.97 Å². The van der Waals surface area contributed by atoms with Crippen molar-refractivity contribution in [1.82, 2.24) is 9.55 Å². The second-order valence-electron chi connectivity index (χ2n) is 4.61. The first-order chi connectivity index (χ1) is 9.13. The number of carboxylic acid groups (broad SMARTS) is 1. The summed E-state index contributed by atoms with van der Waals surface area (Å²) in [6.07, 6.45) is 2.19. The Labute approximate surface area is 116 Å². The van der Waals surface area contributed by atoms with Gasteiger partial charge in [-0.25, -0.2) is 4.98 Å². The molecule has 2 aromatic rings. The van der Waals surface area contributed by atoms with Gasteiger partial charge < -0.3 is 9.67 Å². The van der Waals surface area contributed by atoms with Crippen LogP contribution in [0.3, 0.4) is 0 Å². The molecule has 0 aliphatic carbocycles. The molecule has 0 saturated heterocycles. The summed E-state index contributed by atoms with van der Waals surface area (Å²) in [4.78, 5) is 15.5. The molecule has 0 spiro atoms. The molecule has 5 heteroatoms. The predicted molar refractivity (Wildman–Crippen MR) is 78.8 cm³/mol. The van der Waals surface area contributed by atoms with Crippen LogP contribution in [0, 0.1) is 0 Å². The van der Waals surface area contributed by atoms with Gasteiger partial charge in [0.05, 0.1) is 17.5 Å². The number of thioether (sulfide) groups is 1. The summed E-state index contributed by atoms with van der Waals surface area (Å²) in [6.45, 7) is 2.61. The monoisotopic (exact) mass is 278 g/mol. The molecule has 102 valence electrons.